The lowest BCUT2D eigenvalue weighted by Crippen LogP contribution is -2.33. The molecule has 0 saturated carbocycles. The van der Waals surface area contributed by atoms with Crippen molar-refractivity contribution >= 4 is 16.9 Å². The maximum atomic E-state index is 9.70. The number of fused-ring (bicyclic) bond motifs is 1. The highest BCUT2D eigenvalue weighted by atomic mass is 16.5. The van der Waals surface area contributed by atoms with Gasteiger partial charge in [0.05, 0.1) is 36.0 Å². The first kappa shape index (κ1) is 15.0. The van der Waals surface area contributed by atoms with Crippen LogP contribution < -0.4 is 4.90 Å². The molecule has 7 nitrogen and oxygen atoms in total. The molecule has 7 heteroatoms. The Labute approximate surface area is 139 Å². The SMILES string of the molecule is CO[C@@H]1C[C@@H](CO)N(c2ncnc3c2cnn3-c2ccccc2)C1. The highest BCUT2D eigenvalue weighted by Gasteiger charge is 2.33. The topological polar surface area (TPSA) is 76.3 Å². The minimum atomic E-state index is -0.00637. The number of rotatable bonds is 4. The Hall–Kier alpha value is -2.51. The Bertz CT molecular complexity index is 835. The van der Waals surface area contributed by atoms with Gasteiger partial charge in [0.2, 0.25) is 0 Å². The lowest BCUT2D eigenvalue weighted by Gasteiger charge is -2.24. The van der Waals surface area contributed by atoms with E-state index in [4.69, 9.17) is 4.74 Å². The third kappa shape index (κ3) is 2.42. The molecule has 4 rings (SSSR count). The van der Waals surface area contributed by atoms with Crippen molar-refractivity contribution < 1.29 is 9.84 Å². The van der Waals surface area contributed by atoms with Crippen molar-refractivity contribution in [2.45, 2.75) is 18.6 Å². The summed E-state index contributed by atoms with van der Waals surface area (Å²) in [6.45, 7) is 0.766. The smallest absolute Gasteiger partial charge is 0.168 e. The van der Waals surface area contributed by atoms with E-state index in [9.17, 15) is 5.11 Å². The molecule has 0 bridgehead atoms. The Morgan fingerprint density at radius 1 is 1.25 bits per heavy atom. The van der Waals surface area contributed by atoms with E-state index in [-0.39, 0.29) is 18.8 Å². The second kappa shape index (κ2) is 6.18. The summed E-state index contributed by atoms with van der Waals surface area (Å²) in [7, 11) is 1.70. The standard InChI is InChI=1S/C17H19N5O2/c1-24-14-7-13(10-23)21(9-14)16-15-8-20-22(17(15)19-11-18-16)12-5-3-2-4-6-12/h2-6,8,11,13-14,23H,7,9-10H2,1H3/t13-,14+/m0/s1. The van der Waals surface area contributed by atoms with Gasteiger partial charge in [0.25, 0.3) is 0 Å². The number of ether oxygens (including phenoxy) is 1. The number of hydrogen-bond acceptors (Lipinski definition) is 6. The van der Waals surface area contributed by atoms with Gasteiger partial charge in [-0.2, -0.15) is 5.10 Å². The minimum Gasteiger partial charge on any atom is -0.394 e. The molecule has 2 aromatic heterocycles. The molecule has 3 aromatic rings. The molecule has 3 heterocycles. The quantitative estimate of drug-likeness (QED) is 0.781. The summed E-state index contributed by atoms with van der Waals surface area (Å²) in [4.78, 5) is 11.0. The molecule has 1 saturated heterocycles. The fraction of sp³-hybridized carbons (Fsp3) is 0.353. The number of hydrogen-bond donors (Lipinski definition) is 1. The number of aliphatic hydroxyl groups is 1. The van der Waals surface area contributed by atoms with Gasteiger partial charge in [0.15, 0.2) is 5.65 Å². The summed E-state index contributed by atoms with van der Waals surface area (Å²) in [6.07, 6.45) is 4.21. The highest BCUT2D eigenvalue weighted by Crippen LogP contribution is 2.30. The molecule has 1 aliphatic rings. The normalized spacial score (nSPS) is 20.8. The molecule has 0 amide bonds. The van der Waals surface area contributed by atoms with Crippen LogP contribution in [0, 0.1) is 0 Å². The van der Waals surface area contributed by atoms with Crippen molar-refractivity contribution in [3.63, 3.8) is 0 Å². The van der Waals surface area contributed by atoms with Gasteiger partial charge in [-0.3, -0.25) is 0 Å². The van der Waals surface area contributed by atoms with Crippen LogP contribution in [0.4, 0.5) is 5.82 Å². The van der Waals surface area contributed by atoms with E-state index in [0.717, 1.165) is 29.0 Å². The first-order chi connectivity index (χ1) is 11.8. The third-order valence-corrected chi connectivity index (χ3v) is 4.54. The van der Waals surface area contributed by atoms with E-state index in [1.807, 2.05) is 30.3 Å². The molecule has 1 aliphatic heterocycles. The molecular weight excluding hydrogens is 306 g/mol. The van der Waals surface area contributed by atoms with Crippen LogP contribution in [-0.2, 0) is 4.74 Å². The van der Waals surface area contributed by atoms with Crippen molar-refractivity contribution in [2.24, 2.45) is 0 Å². The molecule has 0 radical (unpaired) electrons. The summed E-state index contributed by atoms with van der Waals surface area (Å²) in [6, 6.07) is 9.88. The molecule has 2 atom stereocenters. The number of aromatic nitrogens is 4. The van der Waals surface area contributed by atoms with Gasteiger partial charge >= 0.3 is 0 Å². The molecule has 124 valence electrons. The van der Waals surface area contributed by atoms with Gasteiger partial charge in [-0.15, -0.1) is 0 Å². The average Bonchev–Trinajstić information content (AvgIpc) is 3.26. The van der Waals surface area contributed by atoms with Crippen LogP contribution in [0.15, 0.2) is 42.9 Å². The van der Waals surface area contributed by atoms with E-state index in [2.05, 4.69) is 20.0 Å². The van der Waals surface area contributed by atoms with Crippen molar-refractivity contribution in [3.8, 4) is 5.69 Å². The Kier molecular flexibility index (Phi) is 3.87. The van der Waals surface area contributed by atoms with Crippen LogP contribution in [0.3, 0.4) is 0 Å². The van der Waals surface area contributed by atoms with E-state index in [1.54, 1.807) is 24.3 Å². The van der Waals surface area contributed by atoms with E-state index in [0.29, 0.717) is 6.54 Å². The first-order valence-corrected chi connectivity index (χ1v) is 7.96. The van der Waals surface area contributed by atoms with Crippen LogP contribution >= 0.6 is 0 Å². The summed E-state index contributed by atoms with van der Waals surface area (Å²) in [5.74, 6) is 0.792. The van der Waals surface area contributed by atoms with Crippen LogP contribution in [0.2, 0.25) is 0 Å². The number of benzene rings is 1. The summed E-state index contributed by atoms with van der Waals surface area (Å²) in [5.41, 5.74) is 1.70. The minimum absolute atomic E-state index is 0.00637. The van der Waals surface area contributed by atoms with Crippen molar-refractivity contribution in [1.29, 1.82) is 0 Å². The second-order valence-corrected chi connectivity index (χ2v) is 5.91. The number of anilines is 1. The van der Waals surface area contributed by atoms with Crippen LogP contribution in [0.5, 0.6) is 0 Å². The summed E-state index contributed by atoms with van der Waals surface area (Å²) >= 11 is 0. The first-order valence-electron chi connectivity index (χ1n) is 7.96. The molecule has 1 N–H and O–H groups in total. The lowest BCUT2D eigenvalue weighted by molar-refractivity contribution is 0.115. The zero-order chi connectivity index (χ0) is 16.5. The molecule has 0 unspecified atom stereocenters. The maximum Gasteiger partial charge on any atom is 0.168 e. The summed E-state index contributed by atoms with van der Waals surface area (Å²) in [5, 5.41) is 15.1. The largest absolute Gasteiger partial charge is 0.394 e. The molecule has 1 fully saturated rings. The fourth-order valence-electron chi connectivity index (χ4n) is 3.30. The number of para-hydroxylation sites is 1. The van der Waals surface area contributed by atoms with Gasteiger partial charge in [-0.25, -0.2) is 14.6 Å². The van der Waals surface area contributed by atoms with E-state index in [1.165, 1.54) is 0 Å². The predicted molar refractivity (Wildman–Crippen MR) is 90.3 cm³/mol. The molecule has 1 aromatic carbocycles. The van der Waals surface area contributed by atoms with Gasteiger partial charge < -0.3 is 14.7 Å². The van der Waals surface area contributed by atoms with Crippen LogP contribution in [-0.4, -0.2) is 57.3 Å². The van der Waals surface area contributed by atoms with Crippen LogP contribution in [0.25, 0.3) is 16.7 Å². The zero-order valence-corrected chi connectivity index (χ0v) is 13.4. The van der Waals surface area contributed by atoms with Gasteiger partial charge in [-0.1, -0.05) is 18.2 Å². The summed E-state index contributed by atoms with van der Waals surface area (Å²) < 4.78 is 7.27. The maximum absolute atomic E-state index is 9.70. The average molecular weight is 325 g/mol. The van der Waals surface area contributed by atoms with E-state index < -0.39 is 0 Å². The number of nitrogens with zero attached hydrogens (tertiary/aromatic N) is 5. The molecule has 0 spiro atoms. The van der Waals surface area contributed by atoms with Gasteiger partial charge in [0, 0.05) is 13.7 Å². The predicted octanol–water partition coefficient (Wildman–Crippen LogP) is 1.40. The number of aliphatic hydroxyl groups excluding tert-OH is 1. The lowest BCUT2D eigenvalue weighted by atomic mass is 10.2. The van der Waals surface area contributed by atoms with Crippen molar-refractivity contribution in [3.05, 3.63) is 42.9 Å². The molecule has 0 aliphatic carbocycles. The zero-order valence-electron chi connectivity index (χ0n) is 13.4. The van der Waals surface area contributed by atoms with Crippen molar-refractivity contribution in [2.75, 3.05) is 25.2 Å². The molecule has 24 heavy (non-hydrogen) atoms. The fourth-order valence-corrected chi connectivity index (χ4v) is 3.30. The van der Waals surface area contributed by atoms with Gasteiger partial charge in [0.1, 0.15) is 12.1 Å². The molecular formula is C17H19N5O2. The Balaban J connectivity index is 1.79. The van der Waals surface area contributed by atoms with E-state index >= 15 is 0 Å². The van der Waals surface area contributed by atoms with Crippen LogP contribution in [0.1, 0.15) is 6.42 Å². The second-order valence-electron chi connectivity index (χ2n) is 5.91. The highest BCUT2D eigenvalue weighted by molar-refractivity contribution is 5.88. The Morgan fingerprint density at radius 3 is 2.83 bits per heavy atom. The number of methoxy groups -OCH3 is 1. The van der Waals surface area contributed by atoms with Crippen molar-refractivity contribution in [1.82, 2.24) is 19.7 Å². The van der Waals surface area contributed by atoms with Gasteiger partial charge in [-0.05, 0) is 18.6 Å². The monoisotopic (exact) mass is 325 g/mol. The third-order valence-electron chi connectivity index (χ3n) is 4.54. The Morgan fingerprint density at radius 2 is 2.08 bits per heavy atom.